The van der Waals surface area contributed by atoms with E-state index in [-0.39, 0.29) is 11.3 Å². The van der Waals surface area contributed by atoms with E-state index in [9.17, 15) is 14.7 Å². The highest BCUT2D eigenvalue weighted by molar-refractivity contribution is 6.46. The molecule has 0 saturated carbocycles. The number of aliphatic hydroxyl groups excluding tert-OH is 1. The number of aliphatic hydroxyl groups is 1. The number of nitrogens with zero attached hydrogens (tertiary/aromatic N) is 3. The molecule has 2 heterocycles. The Morgan fingerprint density at radius 1 is 1.06 bits per heavy atom. The largest absolute Gasteiger partial charge is 0.507 e. The smallest absolute Gasteiger partial charge is 0.295 e. The fourth-order valence-electron chi connectivity index (χ4n) is 4.13. The van der Waals surface area contributed by atoms with Gasteiger partial charge in [-0.3, -0.25) is 9.59 Å². The molecule has 1 fully saturated rings. The quantitative estimate of drug-likeness (QED) is 0.298. The molecular weight excluding hydrogens is 438 g/mol. The van der Waals surface area contributed by atoms with Crippen LogP contribution in [-0.2, 0) is 16.1 Å². The van der Waals surface area contributed by atoms with Gasteiger partial charge in [-0.25, -0.2) is 4.98 Å². The van der Waals surface area contributed by atoms with Crippen molar-refractivity contribution < 1.29 is 14.7 Å². The molecular formula is C26H26ClN3O3. The van der Waals surface area contributed by atoms with Crippen molar-refractivity contribution in [1.29, 1.82) is 0 Å². The number of aryl methyl sites for hydroxylation is 1. The van der Waals surface area contributed by atoms with Gasteiger partial charge in [-0.05, 0) is 47.7 Å². The number of Topliss-reactive ketones (excluding diaryl/α,β-unsaturated/α-hetero) is 1. The number of likely N-dealkylation sites (tertiary alicyclic amines) is 1. The molecule has 0 unspecified atom stereocenters. The molecule has 0 aliphatic carbocycles. The summed E-state index contributed by atoms with van der Waals surface area (Å²) in [5.41, 5.74) is 2.49. The van der Waals surface area contributed by atoms with Crippen LogP contribution >= 0.6 is 11.6 Å². The van der Waals surface area contributed by atoms with Crippen molar-refractivity contribution in [3.63, 3.8) is 0 Å². The summed E-state index contributed by atoms with van der Waals surface area (Å²) in [6, 6.07) is 13.8. The third kappa shape index (κ3) is 4.71. The SMILES string of the molecule is CC(C)c1ccc([C@@H]2C(=C(O)c3ccc(Cl)cc3)C(=O)C(=O)N2CCCn2ccnc2)cc1. The molecule has 170 valence electrons. The normalized spacial score (nSPS) is 17.8. The van der Waals surface area contributed by atoms with Gasteiger partial charge in [-0.1, -0.05) is 49.7 Å². The van der Waals surface area contributed by atoms with Crippen LogP contribution in [0.15, 0.2) is 72.8 Å². The topological polar surface area (TPSA) is 75.4 Å². The van der Waals surface area contributed by atoms with Gasteiger partial charge in [0.05, 0.1) is 17.9 Å². The van der Waals surface area contributed by atoms with Gasteiger partial charge in [0.15, 0.2) is 0 Å². The number of amides is 1. The van der Waals surface area contributed by atoms with E-state index < -0.39 is 17.7 Å². The molecule has 0 radical (unpaired) electrons. The number of aromatic nitrogens is 2. The first-order valence-corrected chi connectivity index (χ1v) is 11.3. The Morgan fingerprint density at radius 2 is 1.76 bits per heavy atom. The minimum absolute atomic E-state index is 0.0993. The van der Waals surface area contributed by atoms with Gasteiger partial charge in [0.2, 0.25) is 0 Å². The zero-order valence-corrected chi connectivity index (χ0v) is 19.4. The number of carbonyl (C=O) groups excluding carboxylic acids is 2. The molecule has 4 rings (SSSR count). The Bertz CT molecular complexity index is 1170. The second-order valence-corrected chi connectivity index (χ2v) is 8.91. The average molecular weight is 464 g/mol. The van der Waals surface area contributed by atoms with Gasteiger partial charge < -0.3 is 14.6 Å². The first kappa shape index (κ1) is 22.8. The molecule has 1 aromatic heterocycles. The lowest BCUT2D eigenvalue weighted by molar-refractivity contribution is -0.139. The van der Waals surface area contributed by atoms with Crippen LogP contribution in [0.3, 0.4) is 0 Å². The molecule has 1 atom stereocenters. The van der Waals surface area contributed by atoms with E-state index in [0.717, 1.165) is 11.1 Å². The number of rotatable bonds is 7. The molecule has 3 aromatic rings. The highest BCUT2D eigenvalue weighted by Gasteiger charge is 2.45. The van der Waals surface area contributed by atoms with E-state index in [4.69, 9.17) is 11.6 Å². The summed E-state index contributed by atoms with van der Waals surface area (Å²) < 4.78 is 1.93. The maximum absolute atomic E-state index is 13.1. The number of benzene rings is 2. The molecule has 2 aromatic carbocycles. The van der Waals surface area contributed by atoms with Crippen LogP contribution in [0.4, 0.5) is 0 Å². The highest BCUT2D eigenvalue weighted by Crippen LogP contribution is 2.40. The van der Waals surface area contributed by atoms with Crippen LogP contribution < -0.4 is 0 Å². The highest BCUT2D eigenvalue weighted by atomic mass is 35.5. The van der Waals surface area contributed by atoms with Crippen molar-refractivity contribution in [2.45, 2.75) is 38.8 Å². The van der Waals surface area contributed by atoms with Crippen molar-refractivity contribution in [3.8, 4) is 0 Å². The third-order valence-electron chi connectivity index (χ3n) is 5.95. The predicted molar refractivity (Wildman–Crippen MR) is 128 cm³/mol. The molecule has 1 N–H and O–H groups in total. The fraction of sp³-hybridized carbons (Fsp3) is 0.269. The van der Waals surface area contributed by atoms with Crippen molar-refractivity contribution in [3.05, 3.63) is 94.5 Å². The summed E-state index contributed by atoms with van der Waals surface area (Å²) in [4.78, 5) is 31.7. The molecule has 1 saturated heterocycles. The van der Waals surface area contributed by atoms with E-state index in [1.807, 2.05) is 35.0 Å². The summed E-state index contributed by atoms with van der Waals surface area (Å²) in [7, 11) is 0. The number of ketones is 1. The Hall–Kier alpha value is -3.38. The van der Waals surface area contributed by atoms with Crippen molar-refractivity contribution in [1.82, 2.24) is 14.5 Å². The van der Waals surface area contributed by atoms with Gasteiger partial charge in [-0.15, -0.1) is 0 Å². The van der Waals surface area contributed by atoms with Crippen molar-refractivity contribution in [2.24, 2.45) is 0 Å². The summed E-state index contributed by atoms with van der Waals surface area (Å²) in [5, 5.41) is 11.6. The lowest BCUT2D eigenvalue weighted by Gasteiger charge is -2.25. The van der Waals surface area contributed by atoms with Gasteiger partial charge in [0.1, 0.15) is 5.76 Å². The second kappa shape index (κ2) is 9.63. The van der Waals surface area contributed by atoms with Gasteiger partial charge in [-0.2, -0.15) is 0 Å². The van der Waals surface area contributed by atoms with E-state index >= 15 is 0 Å². The van der Waals surface area contributed by atoms with Gasteiger partial charge in [0, 0.05) is 36.1 Å². The first-order valence-electron chi connectivity index (χ1n) is 11.0. The third-order valence-corrected chi connectivity index (χ3v) is 6.20. The minimum Gasteiger partial charge on any atom is -0.507 e. The molecule has 1 aliphatic rings. The van der Waals surface area contributed by atoms with Gasteiger partial charge >= 0.3 is 0 Å². The lowest BCUT2D eigenvalue weighted by Crippen LogP contribution is -2.31. The molecule has 7 heteroatoms. The summed E-state index contributed by atoms with van der Waals surface area (Å²) in [6.07, 6.45) is 5.92. The predicted octanol–water partition coefficient (Wildman–Crippen LogP) is 5.17. The maximum Gasteiger partial charge on any atom is 0.295 e. The lowest BCUT2D eigenvalue weighted by atomic mass is 9.93. The fourth-order valence-corrected chi connectivity index (χ4v) is 4.25. The standard InChI is InChI=1S/C26H26ClN3O3/c1-17(2)18-4-6-19(7-5-18)23-22(24(31)20-8-10-21(27)11-9-20)25(32)26(33)30(23)14-3-13-29-15-12-28-16-29/h4-12,15-17,23,31H,3,13-14H2,1-2H3/t23-/m1/s1. The summed E-state index contributed by atoms with van der Waals surface area (Å²) >= 11 is 5.98. The second-order valence-electron chi connectivity index (χ2n) is 8.47. The van der Waals surface area contributed by atoms with E-state index in [1.165, 1.54) is 0 Å². The van der Waals surface area contributed by atoms with Crippen LogP contribution in [0.5, 0.6) is 0 Å². The summed E-state index contributed by atoms with van der Waals surface area (Å²) in [6.45, 7) is 5.26. The molecule has 33 heavy (non-hydrogen) atoms. The molecule has 0 bridgehead atoms. The van der Waals surface area contributed by atoms with Crippen molar-refractivity contribution >= 4 is 29.1 Å². The number of hydrogen-bond acceptors (Lipinski definition) is 4. The number of hydrogen-bond donors (Lipinski definition) is 1. The Kier molecular flexibility index (Phi) is 6.65. The Balaban J connectivity index is 1.73. The van der Waals surface area contributed by atoms with Crippen LogP contribution in [0.2, 0.25) is 5.02 Å². The molecule has 1 amide bonds. The monoisotopic (exact) mass is 463 g/mol. The Labute approximate surface area is 198 Å². The van der Waals surface area contributed by atoms with Crippen LogP contribution in [-0.4, -0.2) is 37.8 Å². The van der Waals surface area contributed by atoms with Crippen molar-refractivity contribution in [2.75, 3.05) is 6.54 Å². The van der Waals surface area contributed by atoms with E-state index in [0.29, 0.717) is 36.0 Å². The maximum atomic E-state index is 13.1. The summed E-state index contributed by atoms with van der Waals surface area (Å²) in [5.74, 6) is -1.12. The first-order chi connectivity index (χ1) is 15.9. The zero-order chi connectivity index (χ0) is 23.5. The minimum atomic E-state index is -0.678. The van der Waals surface area contributed by atoms with Crippen LogP contribution in [0.25, 0.3) is 5.76 Å². The molecule has 1 aliphatic heterocycles. The Morgan fingerprint density at radius 3 is 2.36 bits per heavy atom. The molecule has 6 nitrogen and oxygen atoms in total. The number of imidazole rings is 1. The number of carbonyl (C=O) groups is 2. The van der Waals surface area contributed by atoms with E-state index in [2.05, 4.69) is 18.8 Å². The van der Waals surface area contributed by atoms with E-state index in [1.54, 1.807) is 41.7 Å². The molecule has 0 spiro atoms. The van der Waals surface area contributed by atoms with Crippen LogP contribution in [0, 0.1) is 0 Å². The number of halogens is 1. The zero-order valence-electron chi connectivity index (χ0n) is 18.6. The average Bonchev–Trinajstić information content (AvgIpc) is 3.41. The van der Waals surface area contributed by atoms with Gasteiger partial charge in [0.25, 0.3) is 11.7 Å². The van der Waals surface area contributed by atoms with Crippen LogP contribution in [0.1, 0.15) is 48.9 Å².